The van der Waals surface area contributed by atoms with E-state index in [9.17, 15) is 0 Å². The predicted octanol–water partition coefficient (Wildman–Crippen LogP) is 3.51. The molecular formula is C17H29NO2. The third-order valence-corrected chi connectivity index (χ3v) is 3.33. The third-order valence-electron chi connectivity index (χ3n) is 3.33. The van der Waals surface area contributed by atoms with E-state index in [1.165, 1.54) is 11.1 Å². The predicted molar refractivity (Wildman–Crippen MR) is 84.7 cm³/mol. The van der Waals surface area contributed by atoms with Crippen LogP contribution in [-0.2, 0) is 4.74 Å². The lowest BCUT2D eigenvalue weighted by atomic mass is 9.98. The number of ether oxygens (including phenoxy) is 2. The molecule has 0 amide bonds. The summed E-state index contributed by atoms with van der Waals surface area (Å²) in [5.74, 6) is 1.55. The second-order valence-corrected chi connectivity index (χ2v) is 5.47. The van der Waals surface area contributed by atoms with Gasteiger partial charge in [0.1, 0.15) is 5.75 Å². The van der Waals surface area contributed by atoms with Crippen molar-refractivity contribution in [3.8, 4) is 5.75 Å². The molecule has 0 unspecified atom stereocenters. The van der Waals surface area contributed by atoms with Crippen LogP contribution in [0.1, 0.15) is 43.7 Å². The number of nitrogens with one attached hydrogen (secondary N) is 1. The quantitative estimate of drug-likeness (QED) is 0.665. The Morgan fingerprint density at radius 2 is 1.80 bits per heavy atom. The number of aryl methyl sites for hydroxylation is 1. The summed E-state index contributed by atoms with van der Waals surface area (Å²) < 4.78 is 10.8. The zero-order valence-electron chi connectivity index (χ0n) is 13.4. The number of hydrogen-bond donors (Lipinski definition) is 1. The Labute approximate surface area is 123 Å². The number of benzene rings is 1. The Kier molecular flexibility index (Phi) is 8.31. The summed E-state index contributed by atoms with van der Waals surface area (Å²) in [4.78, 5) is 0. The first-order valence-corrected chi connectivity index (χ1v) is 7.58. The van der Waals surface area contributed by atoms with E-state index >= 15 is 0 Å². The van der Waals surface area contributed by atoms with Gasteiger partial charge in [-0.3, -0.25) is 0 Å². The normalized spacial score (nSPS) is 11.1. The summed E-state index contributed by atoms with van der Waals surface area (Å²) in [5.41, 5.74) is 2.72. The van der Waals surface area contributed by atoms with Crippen LogP contribution in [0, 0.1) is 6.92 Å². The van der Waals surface area contributed by atoms with Crippen LogP contribution in [0.3, 0.4) is 0 Å². The van der Waals surface area contributed by atoms with E-state index in [1.807, 2.05) is 0 Å². The molecule has 1 aromatic carbocycles. The Morgan fingerprint density at radius 1 is 1.10 bits per heavy atom. The smallest absolute Gasteiger partial charge is 0.119 e. The Balaban J connectivity index is 2.18. The number of hydrogen-bond acceptors (Lipinski definition) is 3. The van der Waals surface area contributed by atoms with Crippen LogP contribution in [0.5, 0.6) is 5.75 Å². The highest BCUT2D eigenvalue weighted by atomic mass is 16.5. The van der Waals surface area contributed by atoms with E-state index in [0.717, 1.165) is 44.9 Å². The molecule has 0 aliphatic rings. The molecule has 0 spiro atoms. The van der Waals surface area contributed by atoms with E-state index in [1.54, 1.807) is 7.11 Å². The molecule has 0 radical (unpaired) electrons. The number of methoxy groups -OCH3 is 1. The van der Waals surface area contributed by atoms with E-state index < -0.39 is 0 Å². The maximum atomic E-state index is 5.78. The highest BCUT2D eigenvalue weighted by Gasteiger charge is 2.04. The molecule has 0 aromatic heterocycles. The van der Waals surface area contributed by atoms with Crippen molar-refractivity contribution in [3.63, 3.8) is 0 Å². The van der Waals surface area contributed by atoms with Gasteiger partial charge in [-0.25, -0.2) is 0 Å². The maximum Gasteiger partial charge on any atom is 0.119 e. The minimum absolute atomic E-state index is 0.570. The Bertz CT molecular complexity index is 377. The van der Waals surface area contributed by atoms with Crippen molar-refractivity contribution < 1.29 is 9.47 Å². The van der Waals surface area contributed by atoms with Gasteiger partial charge in [-0.1, -0.05) is 19.9 Å². The lowest BCUT2D eigenvalue weighted by Crippen LogP contribution is -2.19. The zero-order valence-corrected chi connectivity index (χ0v) is 13.4. The van der Waals surface area contributed by atoms with E-state index in [4.69, 9.17) is 9.47 Å². The Hall–Kier alpha value is -1.06. The van der Waals surface area contributed by atoms with Crippen molar-refractivity contribution in [2.24, 2.45) is 0 Å². The largest absolute Gasteiger partial charge is 0.494 e. The first-order chi connectivity index (χ1) is 9.65. The first kappa shape index (κ1) is 17.0. The molecule has 1 rings (SSSR count). The summed E-state index contributed by atoms with van der Waals surface area (Å²) in [7, 11) is 1.74. The third kappa shape index (κ3) is 6.40. The number of rotatable bonds is 10. The molecule has 20 heavy (non-hydrogen) atoms. The van der Waals surface area contributed by atoms with Gasteiger partial charge in [0.25, 0.3) is 0 Å². The summed E-state index contributed by atoms with van der Waals surface area (Å²) in [5, 5.41) is 3.38. The van der Waals surface area contributed by atoms with Crippen molar-refractivity contribution in [3.05, 3.63) is 29.3 Å². The Morgan fingerprint density at radius 3 is 2.40 bits per heavy atom. The minimum Gasteiger partial charge on any atom is -0.494 e. The molecule has 0 saturated carbocycles. The van der Waals surface area contributed by atoms with Crippen molar-refractivity contribution in [2.45, 2.75) is 39.5 Å². The summed E-state index contributed by atoms with van der Waals surface area (Å²) in [6.07, 6.45) is 2.09. The van der Waals surface area contributed by atoms with Gasteiger partial charge < -0.3 is 14.8 Å². The fraction of sp³-hybridized carbons (Fsp3) is 0.647. The van der Waals surface area contributed by atoms with Gasteiger partial charge in [0.2, 0.25) is 0 Å². The second kappa shape index (κ2) is 9.78. The van der Waals surface area contributed by atoms with Gasteiger partial charge in [0.15, 0.2) is 0 Å². The highest BCUT2D eigenvalue weighted by Crippen LogP contribution is 2.23. The van der Waals surface area contributed by atoms with Gasteiger partial charge in [0, 0.05) is 13.7 Å². The molecule has 3 heteroatoms. The van der Waals surface area contributed by atoms with Crippen LogP contribution >= 0.6 is 0 Å². The molecular weight excluding hydrogens is 250 g/mol. The van der Waals surface area contributed by atoms with Crippen LogP contribution in [-0.4, -0.2) is 33.4 Å². The topological polar surface area (TPSA) is 30.5 Å². The van der Waals surface area contributed by atoms with Crippen molar-refractivity contribution in [2.75, 3.05) is 33.4 Å². The summed E-state index contributed by atoms with van der Waals surface area (Å²) in [6.45, 7) is 10.2. The average Bonchev–Trinajstić information content (AvgIpc) is 2.41. The van der Waals surface area contributed by atoms with Gasteiger partial charge in [-0.2, -0.15) is 0 Å². The lowest BCUT2D eigenvalue weighted by molar-refractivity contribution is 0.194. The second-order valence-electron chi connectivity index (χ2n) is 5.47. The first-order valence-electron chi connectivity index (χ1n) is 7.58. The SMILES string of the molecule is COCCCNCCCOc1ccc(C(C)C)c(C)c1. The molecule has 0 heterocycles. The molecule has 0 saturated heterocycles. The average molecular weight is 279 g/mol. The molecule has 1 N–H and O–H groups in total. The van der Waals surface area contributed by atoms with Gasteiger partial charge in [-0.05, 0) is 62.0 Å². The van der Waals surface area contributed by atoms with Gasteiger partial charge in [0.05, 0.1) is 6.61 Å². The van der Waals surface area contributed by atoms with Crippen LogP contribution in [0.25, 0.3) is 0 Å². The molecule has 114 valence electrons. The van der Waals surface area contributed by atoms with Crippen molar-refractivity contribution >= 4 is 0 Å². The molecule has 0 fully saturated rings. The minimum atomic E-state index is 0.570. The lowest BCUT2D eigenvalue weighted by Gasteiger charge is -2.12. The maximum absolute atomic E-state index is 5.78. The van der Waals surface area contributed by atoms with Crippen LogP contribution in [0.15, 0.2) is 18.2 Å². The highest BCUT2D eigenvalue weighted by molar-refractivity contribution is 5.36. The molecule has 0 aliphatic heterocycles. The molecule has 0 atom stereocenters. The van der Waals surface area contributed by atoms with E-state index in [-0.39, 0.29) is 0 Å². The van der Waals surface area contributed by atoms with Crippen LogP contribution in [0.4, 0.5) is 0 Å². The zero-order chi connectivity index (χ0) is 14.8. The van der Waals surface area contributed by atoms with Crippen molar-refractivity contribution in [1.82, 2.24) is 5.32 Å². The van der Waals surface area contributed by atoms with Gasteiger partial charge in [-0.15, -0.1) is 0 Å². The molecule has 0 bridgehead atoms. The molecule has 3 nitrogen and oxygen atoms in total. The van der Waals surface area contributed by atoms with E-state index in [2.05, 4.69) is 44.3 Å². The van der Waals surface area contributed by atoms with E-state index in [0.29, 0.717) is 5.92 Å². The summed E-state index contributed by atoms with van der Waals surface area (Å²) >= 11 is 0. The summed E-state index contributed by atoms with van der Waals surface area (Å²) in [6, 6.07) is 6.40. The fourth-order valence-electron chi connectivity index (χ4n) is 2.24. The molecule has 0 aliphatic carbocycles. The van der Waals surface area contributed by atoms with Crippen molar-refractivity contribution in [1.29, 1.82) is 0 Å². The standard InChI is InChI=1S/C17H29NO2/c1-14(2)17-8-7-16(13-15(17)3)20-12-6-10-18-9-5-11-19-4/h7-8,13-14,18H,5-6,9-12H2,1-4H3. The monoisotopic (exact) mass is 279 g/mol. The fourth-order valence-corrected chi connectivity index (χ4v) is 2.24. The molecule has 1 aromatic rings. The van der Waals surface area contributed by atoms with Gasteiger partial charge >= 0.3 is 0 Å². The van der Waals surface area contributed by atoms with Crippen LogP contribution in [0.2, 0.25) is 0 Å². The van der Waals surface area contributed by atoms with Crippen LogP contribution < -0.4 is 10.1 Å².